The van der Waals surface area contributed by atoms with Crippen molar-refractivity contribution < 1.29 is 9.53 Å². The van der Waals surface area contributed by atoms with Crippen LogP contribution in [-0.2, 0) is 9.53 Å². The summed E-state index contributed by atoms with van der Waals surface area (Å²) in [6, 6.07) is 0. The Labute approximate surface area is 123 Å². The molecule has 0 aliphatic heterocycles. The van der Waals surface area contributed by atoms with Crippen LogP contribution in [0.15, 0.2) is 0 Å². The van der Waals surface area contributed by atoms with Gasteiger partial charge in [-0.15, -0.1) is 0 Å². The maximum Gasteiger partial charge on any atom is 0.326 e. The molecule has 2 fully saturated rings. The van der Waals surface area contributed by atoms with Crippen molar-refractivity contribution in [3.8, 4) is 0 Å². The topological polar surface area (TPSA) is 38.3 Å². The molecule has 0 bridgehead atoms. The smallest absolute Gasteiger partial charge is 0.326 e. The summed E-state index contributed by atoms with van der Waals surface area (Å²) in [6.07, 6.45) is 10.7. The van der Waals surface area contributed by atoms with E-state index in [1.165, 1.54) is 38.5 Å². The second kappa shape index (κ2) is 7.44. The minimum Gasteiger partial charge on any atom is -0.465 e. The molecule has 0 spiro atoms. The van der Waals surface area contributed by atoms with Crippen molar-refractivity contribution in [3.05, 3.63) is 0 Å². The first-order valence-electron chi connectivity index (χ1n) is 8.62. The molecule has 0 radical (unpaired) electrons. The third kappa shape index (κ3) is 4.21. The monoisotopic (exact) mass is 281 g/mol. The fourth-order valence-corrected chi connectivity index (χ4v) is 3.49. The lowest BCUT2D eigenvalue weighted by molar-refractivity contribution is -0.152. The molecule has 0 saturated heterocycles. The summed E-state index contributed by atoms with van der Waals surface area (Å²) in [6.45, 7) is 5.65. The molecule has 0 aromatic heterocycles. The van der Waals surface area contributed by atoms with Crippen molar-refractivity contribution in [1.29, 1.82) is 0 Å². The number of ether oxygens (including phenoxy) is 1. The maximum atomic E-state index is 12.5. The van der Waals surface area contributed by atoms with Crippen LogP contribution in [0.2, 0.25) is 0 Å². The van der Waals surface area contributed by atoms with Gasteiger partial charge in [-0.2, -0.15) is 0 Å². The first kappa shape index (κ1) is 15.8. The third-order valence-corrected chi connectivity index (χ3v) is 4.98. The summed E-state index contributed by atoms with van der Waals surface area (Å²) in [4.78, 5) is 12.5. The second-order valence-electron chi connectivity index (χ2n) is 6.71. The Morgan fingerprint density at radius 2 is 1.95 bits per heavy atom. The lowest BCUT2D eigenvalue weighted by Crippen LogP contribution is -2.53. The normalized spacial score (nSPS) is 30.8. The molecular formula is C17H31NO2. The molecular weight excluding hydrogens is 250 g/mol. The van der Waals surface area contributed by atoms with Crippen molar-refractivity contribution in [3.63, 3.8) is 0 Å². The highest BCUT2D eigenvalue weighted by Crippen LogP contribution is 2.35. The van der Waals surface area contributed by atoms with Gasteiger partial charge in [0.05, 0.1) is 6.61 Å². The van der Waals surface area contributed by atoms with Crippen LogP contribution < -0.4 is 5.32 Å². The molecule has 0 amide bonds. The average Bonchev–Trinajstić information content (AvgIpc) is 3.25. The predicted octanol–water partition coefficient (Wildman–Crippen LogP) is 3.67. The van der Waals surface area contributed by atoms with E-state index in [2.05, 4.69) is 12.2 Å². The molecule has 2 aliphatic carbocycles. The first-order valence-corrected chi connectivity index (χ1v) is 8.62. The summed E-state index contributed by atoms with van der Waals surface area (Å²) in [7, 11) is 0. The number of hydrogen-bond donors (Lipinski definition) is 1. The van der Waals surface area contributed by atoms with Gasteiger partial charge in [0.15, 0.2) is 0 Å². The summed E-state index contributed by atoms with van der Waals surface area (Å²) >= 11 is 0. The number of nitrogens with one attached hydrogen (secondary N) is 1. The zero-order chi connectivity index (χ0) is 14.4. The zero-order valence-corrected chi connectivity index (χ0v) is 13.2. The minimum absolute atomic E-state index is 0.00204. The summed E-state index contributed by atoms with van der Waals surface area (Å²) in [5.74, 6) is 1.60. The van der Waals surface area contributed by atoms with Gasteiger partial charge >= 0.3 is 5.97 Å². The van der Waals surface area contributed by atoms with Crippen LogP contribution in [0.25, 0.3) is 0 Å². The van der Waals surface area contributed by atoms with E-state index in [4.69, 9.17) is 4.74 Å². The fourth-order valence-electron chi connectivity index (χ4n) is 3.49. The Bertz CT molecular complexity index is 314. The molecule has 0 heterocycles. The van der Waals surface area contributed by atoms with E-state index in [1.807, 2.05) is 6.92 Å². The van der Waals surface area contributed by atoms with E-state index < -0.39 is 0 Å². The van der Waals surface area contributed by atoms with Crippen LogP contribution in [0.4, 0.5) is 0 Å². The van der Waals surface area contributed by atoms with Gasteiger partial charge in [0.1, 0.15) is 5.54 Å². The lowest BCUT2D eigenvalue weighted by atomic mass is 9.88. The van der Waals surface area contributed by atoms with E-state index >= 15 is 0 Å². The molecule has 2 aliphatic rings. The predicted molar refractivity (Wildman–Crippen MR) is 81.6 cm³/mol. The molecule has 2 unspecified atom stereocenters. The number of esters is 1. The van der Waals surface area contributed by atoms with Gasteiger partial charge in [-0.1, -0.05) is 32.6 Å². The standard InChI is InChI=1S/C17H31NO2/c1-3-6-14-7-5-11-17(12-10-14,16(19)20-4-2)18-13-15-8-9-15/h14-15,18H,3-13H2,1-2H3. The Balaban J connectivity index is 1.98. The van der Waals surface area contributed by atoms with Crippen molar-refractivity contribution in [1.82, 2.24) is 5.32 Å². The van der Waals surface area contributed by atoms with E-state index in [-0.39, 0.29) is 11.5 Å². The minimum atomic E-state index is -0.388. The van der Waals surface area contributed by atoms with Crippen LogP contribution in [0, 0.1) is 11.8 Å². The molecule has 3 heteroatoms. The first-order chi connectivity index (χ1) is 9.70. The number of carbonyl (C=O) groups excluding carboxylic acids is 1. The highest BCUT2D eigenvalue weighted by Gasteiger charge is 2.41. The summed E-state index contributed by atoms with van der Waals surface area (Å²) in [5.41, 5.74) is -0.388. The van der Waals surface area contributed by atoms with E-state index in [0.29, 0.717) is 6.61 Å². The quantitative estimate of drug-likeness (QED) is 0.571. The van der Waals surface area contributed by atoms with Gasteiger partial charge in [-0.05, 0) is 57.4 Å². The third-order valence-electron chi connectivity index (χ3n) is 4.98. The summed E-state index contributed by atoms with van der Waals surface area (Å²) < 4.78 is 5.39. The molecule has 3 nitrogen and oxygen atoms in total. The molecule has 0 aromatic carbocycles. The molecule has 116 valence electrons. The van der Waals surface area contributed by atoms with Crippen molar-refractivity contribution in [2.75, 3.05) is 13.2 Å². The van der Waals surface area contributed by atoms with Gasteiger partial charge in [0.25, 0.3) is 0 Å². The molecule has 20 heavy (non-hydrogen) atoms. The van der Waals surface area contributed by atoms with Crippen molar-refractivity contribution in [2.24, 2.45) is 11.8 Å². The molecule has 1 N–H and O–H groups in total. The van der Waals surface area contributed by atoms with Gasteiger partial charge < -0.3 is 10.1 Å². The Morgan fingerprint density at radius 3 is 2.60 bits per heavy atom. The number of hydrogen-bond acceptors (Lipinski definition) is 3. The Kier molecular flexibility index (Phi) is 5.88. The highest BCUT2D eigenvalue weighted by atomic mass is 16.5. The van der Waals surface area contributed by atoms with Crippen molar-refractivity contribution >= 4 is 5.97 Å². The molecule has 0 aromatic rings. The van der Waals surface area contributed by atoms with E-state index in [0.717, 1.165) is 37.6 Å². The largest absolute Gasteiger partial charge is 0.465 e. The second-order valence-corrected chi connectivity index (χ2v) is 6.71. The number of rotatable bonds is 7. The number of carbonyl (C=O) groups is 1. The van der Waals surface area contributed by atoms with E-state index in [9.17, 15) is 4.79 Å². The molecule has 2 saturated carbocycles. The SMILES string of the molecule is CCCC1CCCC(NCC2CC2)(C(=O)OCC)CC1. The lowest BCUT2D eigenvalue weighted by Gasteiger charge is -2.31. The van der Waals surface area contributed by atoms with Crippen LogP contribution in [0.5, 0.6) is 0 Å². The zero-order valence-electron chi connectivity index (χ0n) is 13.2. The maximum absolute atomic E-state index is 12.5. The van der Waals surface area contributed by atoms with E-state index in [1.54, 1.807) is 0 Å². The summed E-state index contributed by atoms with van der Waals surface area (Å²) in [5, 5.41) is 3.61. The van der Waals surface area contributed by atoms with Gasteiger partial charge in [-0.3, -0.25) is 4.79 Å². The van der Waals surface area contributed by atoms with Crippen LogP contribution in [-0.4, -0.2) is 24.7 Å². The Morgan fingerprint density at radius 1 is 1.15 bits per heavy atom. The average molecular weight is 281 g/mol. The van der Waals surface area contributed by atoms with Gasteiger partial charge in [0.2, 0.25) is 0 Å². The highest BCUT2D eigenvalue weighted by molar-refractivity contribution is 5.81. The molecule has 2 rings (SSSR count). The van der Waals surface area contributed by atoms with Crippen molar-refractivity contribution in [2.45, 2.75) is 77.2 Å². The van der Waals surface area contributed by atoms with Gasteiger partial charge in [-0.25, -0.2) is 0 Å². The Hall–Kier alpha value is -0.570. The molecule has 2 atom stereocenters. The van der Waals surface area contributed by atoms with Crippen LogP contribution in [0.3, 0.4) is 0 Å². The fraction of sp³-hybridized carbons (Fsp3) is 0.941. The van der Waals surface area contributed by atoms with Crippen LogP contribution in [0.1, 0.15) is 71.6 Å². The van der Waals surface area contributed by atoms with Crippen LogP contribution >= 0.6 is 0 Å². The van der Waals surface area contributed by atoms with Gasteiger partial charge in [0, 0.05) is 0 Å².